The number of halogens is 4. The molecule has 2 aromatic carbocycles. The third-order valence-electron chi connectivity index (χ3n) is 3.01. The lowest BCUT2D eigenvalue weighted by Gasteiger charge is -2.17. The van der Waals surface area contributed by atoms with Crippen LogP contribution in [0, 0.1) is 5.82 Å². The zero-order valence-electron chi connectivity index (χ0n) is 11.3. The minimum absolute atomic E-state index is 0.0583. The second-order valence-corrected chi connectivity index (χ2v) is 5.96. The molecule has 0 bridgehead atoms. The second kappa shape index (κ2) is 6.86. The van der Waals surface area contributed by atoms with Crippen LogP contribution in [0.4, 0.5) is 4.39 Å². The number of alkyl halides is 1. The van der Waals surface area contributed by atoms with Gasteiger partial charge >= 0.3 is 0 Å². The predicted molar refractivity (Wildman–Crippen MR) is 86.4 cm³/mol. The molecular weight excluding hydrogens is 382 g/mol. The molecule has 0 aliphatic heterocycles. The third-order valence-corrected chi connectivity index (χ3v) is 4.43. The van der Waals surface area contributed by atoms with Gasteiger partial charge in [-0.15, -0.1) is 11.6 Å². The molecule has 2 nitrogen and oxygen atoms in total. The van der Waals surface area contributed by atoms with Crippen molar-refractivity contribution < 1.29 is 13.9 Å². The van der Waals surface area contributed by atoms with Crippen LogP contribution in [0.25, 0.3) is 0 Å². The molecule has 1 atom stereocenters. The van der Waals surface area contributed by atoms with Crippen molar-refractivity contribution in [2.75, 3.05) is 14.2 Å². The largest absolute Gasteiger partial charge is 0.496 e. The Kier molecular flexibility index (Phi) is 5.36. The maximum atomic E-state index is 13.6. The molecule has 6 heteroatoms. The van der Waals surface area contributed by atoms with E-state index in [-0.39, 0.29) is 5.02 Å². The first kappa shape index (κ1) is 16.4. The van der Waals surface area contributed by atoms with Crippen molar-refractivity contribution in [3.05, 3.63) is 56.8 Å². The minimum Gasteiger partial charge on any atom is -0.496 e. The van der Waals surface area contributed by atoms with Gasteiger partial charge < -0.3 is 9.47 Å². The molecule has 2 aromatic rings. The molecule has 0 spiro atoms. The van der Waals surface area contributed by atoms with E-state index in [1.165, 1.54) is 12.1 Å². The van der Waals surface area contributed by atoms with Crippen molar-refractivity contribution in [1.82, 2.24) is 0 Å². The monoisotopic (exact) mass is 392 g/mol. The number of hydrogen-bond acceptors (Lipinski definition) is 2. The van der Waals surface area contributed by atoms with Crippen LogP contribution in [-0.2, 0) is 0 Å². The first-order valence-electron chi connectivity index (χ1n) is 5.98. The van der Waals surface area contributed by atoms with Gasteiger partial charge in [0.2, 0.25) is 0 Å². The molecule has 0 amide bonds. The Morgan fingerprint density at radius 2 is 1.76 bits per heavy atom. The van der Waals surface area contributed by atoms with Crippen LogP contribution in [0.15, 0.2) is 34.8 Å². The molecule has 0 fully saturated rings. The number of benzene rings is 2. The van der Waals surface area contributed by atoms with Crippen LogP contribution in [0.2, 0.25) is 5.02 Å². The van der Waals surface area contributed by atoms with Crippen LogP contribution in [-0.4, -0.2) is 14.2 Å². The van der Waals surface area contributed by atoms with Gasteiger partial charge in [0.05, 0.1) is 29.1 Å². The Bertz CT molecular complexity index is 664. The van der Waals surface area contributed by atoms with E-state index in [9.17, 15) is 4.39 Å². The Morgan fingerprint density at radius 1 is 1.10 bits per heavy atom. The van der Waals surface area contributed by atoms with Gasteiger partial charge in [-0.2, -0.15) is 0 Å². The highest BCUT2D eigenvalue weighted by atomic mass is 79.9. The summed E-state index contributed by atoms with van der Waals surface area (Å²) >= 11 is 15.5. The van der Waals surface area contributed by atoms with Gasteiger partial charge in [-0.05, 0) is 45.8 Å². The van der Waals surface area contributed by atoms with E-state index < -0.39 is 11.2 Å². The third kappa shape index (κ3) is 3.44. The molecule has 0 heterocycles. The fraction of sp³-hybridized carbons (Fsp3) is 0.200. The van der Waals surface area contributed by atoms with Crippen molar-refractivity contribution in [1.29, 1.82) is 0 Å². The molecule has 0 aliphatic carbocycles. The quantitative estimate of drug-likeness (QED) is 0.630. The smallest absolute Gasteiger partial charge is 0.142 e. The molecule has 112 valence electrons. The Balaban J connectivity index is 2.50. The van der Waals surface area contributed by atoms with Gasteiger partial charge in [-0.3, -0.25) is 0 Å². The summed E-state index contributed by atoms with van der Waals surface area (Å²) in [6, 6.07) is 7.98. The van der Waals surface area contributed by atoms with Crippen molar-refractivity contribution >= 4 is 39.1 Å². The van der Waals surface area contributed by atoms with Crippen LogP contribution in [0.5, 0.6) is 11.5 Å². The summed E-state index contributed by atoms with van der Waals surface area (Å²) in [6.07, 6.45) is 0. The van der Waals surface area contributed by atoms with E-state index in [2.05, 4.69) is 15.9 Å². The van der Waals surface area contributed by atoms with Gasteiger partial charge in [0.25, 0.3) is 0 Å². The average Bonchev–Trinajstić information content (AvgIpc) is 2.49. The lowest BCUT2D eigenvalue weighted by atomic mass is 10.0. The van der Waals surface area contributed by atoms with Gasteiger partial charge in [0.15, 0.2) is 0 Å². The lowest BCUT2D eigenvalue weighted by Crippen LogP contribution is -2.00. The van der Waals surface area contributed by atoms with E-state index in [1.807, 2.05) is 0 Å². The van der Waals surface area contributed by atoms with Crippen LogP contribution >= 0.6 is 39.1 Å². The molecule has 21 heavy (non-hydrogen) atoms. The highest BCUT2D eigenvalue weighted by Gasteiger charge is 2.19. The van der Waals surface area contributed by atoms with Crippen LogP contribution < -0.4 is 9.47 Å². The maximum absolute atomic E-state index is 13.6. The predicted octanol–water partition coefficient (Wildman–Crippen LogP) is 5.59. The first-order chi connectivity index (χ1) is 9.97. The summed E-state index contributed by atoms with van der Waals surface area (Å²) < 4.78 is 24.9. The van der Waals surface area contributed by atoms with Crippen LogP contribution in [0.1, 0.15) is 16.5 Å². The standard InChI is InChI=1S/C15H12BrCl2FO2/c1-20-13-7-10(16)14(21-2)6-9(13)15(18)8-3-4-11(17)12(19)5-8/h3-7,15H,1-2H3. The normalized spacial score (nSPS) is 12.1. The van der Waals surface area contributed by atoms with Gasteiger partial charge in [0.1, 0.15) is 17.3 Å². The molecular formula is C15H12BrCl2FO2. The molecule has 0 saturated heterocycles. The summed E-state index contributed by atoms with van der Waals surface area (Å²) in [4.78, 5) is 0. The zero-order valence-corrected chi connectivity index (χ0v) is 14.4. The molecule has 1 unspecified atom stereocenters. The minimum atomic E-state index is -0.589. The maximum Gasteiger partial charge on any atom is 0.142 e. The summed E-state index contributed by atoms with van der Waals surface area (Å²) in [5.74, 6) is 0.687. The van der Waals surface area contributed by atoms with Gasteiger partial charge in [0, 0.05) is 5.56 Å². The first-order valence-corrected chi connectivity index (χ1v) is 7.59. The summed E-state index contributed by atoms with van der Waals surface area (Å²) in [5, 5.41) is -0.531. The van der Waals surface area contributed by atoms with E-state index >= 15 is 0 Å². The molecule has 2 rings (SSSR count). The highest BCUT2D eigenvalue weighted by molar-refractivity contribution is 9.10. The molecule has 0 aromatic heterocycles. The zero-order chi connectivity index (χ0) is 15.6. The second-order valence-electron chi connectivity index (χ2n) is 4.26. The number of hydrogen-bond donors (Lipinski definition) is 0. The highest BCUT2D eigenvalue weighted by Crippen LogP contribution is 2.41. The summed E-state index contributed by atoms with van der Waals surface area (Å²) in [6.45, 7) is 0. The molecule has 0 N–H and O–H groups in total. The van der Waals surface area contributed by atoms with E-state index in [1.54, 1.807) is 32.4 Å². The topological polar surface area (TPSA) is 18.5 Å². The van der Waals surface area contributed by atoms with Crippen molar-refractivity contribution in [3.63, 3.8) is 0 Å². The molecule has 0 radical (unpaired) electrons. The van der Waals surface area contributed by atoms with Crippen molar-refractivity contribution in [2.24, 2.45) is 0 Å². The lowest BCUT2D eigenvalue weighted by molar-refractivity contribution is 0.397. The molecule has 0 aliphatic rings. The average molecular weight is 394 g/mol. The van der Waals surface area contributed by atoms with Crippen molar-refractivity contribution in [2.45, 2.75) is 5.38 Å². The number of ether oxygens (including phenoxy) is 2. The molecule has 0 saturated carbocycles. The Labute approximate surface area is 140 Å². The number of methoxy groups -OCH3 is 2. The van der Waals surface area contributed by atoms with E-state index in [4.69, 9.17) is 32.7 Å². The Hall–Kier alpha value is -0.970. The van der Waals surface area contributed by atoms with Gasteiger partial charge in [-0.1, -0.05) is 17.7 Å². The van der Waals surface area contributed by atoms with E-state index in [0.717, 1.165) is 4.47 Å². The SMILES string of the molecule is COc1cc(C(Cl)c2ccc(Cl)c(F)c2)c(OC)cc1Br. The van der Waals surface area contributed by atoms with Crippen LogP contribution in [0.3, 0.4) is 0 Å². The fourth-order valence-electron chi connectivity index (χ4n) is 1.93. The number of rotatable bonds is 4. The van der Waals surface area contributed by atoms with E-state index in [0.29, 0.717) is 22.6 Å². The van der Waals surface area contributed by atoms with Gasteiger partial charge in [-0.25, -0.2) is 4.39 Å². The Morgan fingerprint density at radius 3 is 2.33 bits per heavy atom. The summed E-state index contributed by atoms with van der Waals surface area (Å²) in [7, 11) is 3.10. The summed E-state index contributed by atoms with van der Waals surface area (Å²) in [5.41, 5.74) is 1.27. The van der Waals surface area contributed by atoms with Crippen molar-refractivity contribution in [3.8, 4) is 11.5 Å². The fourth-order valence-corrected chi connectivity index (χ4v) is 2.84.